The predicted octanol–water partition coefficient (Wildman–Crippen LogP) is 9.55. The first-order chi connectivity index (χ1) is 19.3. The van der Waals surface area contributed by atoms with E-state index in [4.69, 9.17) is 15.0 Å². The molecule has 8 aromatic rings. The number of aromatic nitrogens is 3. The van der Waals surface area contributed by atoms with Gasteiger partial charge in [0.15, 0.2) is 17.5 Å². The Kier molecular flexibility index (Phi) is 5.00. The highest BCUT2D eigenvalue weighted by Gasteiger charge is 2.16. The van der Waals surface area contributed by atoms with Crippen molar-refractivity contribution < 1.29 is 0 Å². The van der Waals surface area contributed by atoms with Crippen LogP contribution in [-0.2, 0) is 0 Å². The molecule has 0 fully saturated rings. The minimum atomic E-state index is 0.676. The van der Waals surface area contributed by atoms with Crippen LogP contribution in [0, 0.1) is 0 Å². The van der Waals surface area contributed by atoms with Gasteiger partial charge in [0.2, 0.25) is 0 Å². The third-order valence-corrected chi connectivity index (χ3v) is 8.47. The van der Waals surface area contributed by atoms with Gasteiger partial charge in [-0.15, -0.1) is 11.3 Å². The van der Waals surface area contributed by atoms with Gasteiger partial charge in [-0.3, -0.25) is 0 Å². The van der Waals surface area contributed by atoms with Crippen molar-refractivity contribution in [3.63, 3.8) is 0 Å². The van der Waals surface area contributed by atoms with E-state index in [-0.39, 0.29) is 0 Å². The molecule has 39 heavy (non-hydrogen) atoms. The van der Waals surface area contributed by atoms with E-state index in [0.29, 0.717) is 17.5 Å². The highest BCUT2D eigenvalue weighted by Crippen LogP contribution is 2.37. The lowest BCUT2D eigenvalue weighted by atomic mass is 10.0. The first kappa shape index (κ1) is 22.1. The molecule has 3 nitrogen and oxygen atoms in total. The highest BCUT2D eigenvalue weighted by atomic mass is 32.1. The summed E-state index contributed by atoms with van der Waals surface area (Å²) in [5.41, 5.74) is 2.99. The lowest BCUT2D eigenvalue weighted by Crippen LogP contribution is -2.01. The molecule has 8 rings (SSSR count). The Hall–Kier alpha value is -4.93. The van der Waals surface area contributed by atoms with Crippen molar-refractivity contribution in [1.82, 2.24) is 15.0 Å². The normalized spacial score (nSPS) is 11.6. The van der Waals surface area contributed by atoms with Crippen molar-refractivity contribution in [2.24, 2.45) is 0 Å². The van der Waals surface area contributed by atoms with Crippen LogP contribution in [0.3, 0.4) is 0 Å². The zero-order valence-corrected chi connectivity index (χ0v) is 21.7. The van der Waals surface area contributed by atoms with Crippen LogP contribution in [0.2, 0.25) is 0 Å². The van der Waals surface area contributed by atoms with Gasteiger partial charge in [-0.25, -0.2) is 15.0 Å². The van der Waals surface area contributed by atoms with Gasteiger partial charge in [0.05, 0.1) is 0 Å². The molecule has 0 radical (unpaired) electrons. The van der Waals surface area contributed by atoms with Gasteiger partial charge in [0.1, 0.15) is 0 Å². The molecule has 0 unspecified atom stereocenters. The van der Waals surface area contributed by atoms with Crippen LogP contribution < -0.4 is 0 Å². The van der Waals surface area contributed by atoms with E-state index in [9.17, 15) is 0 Å². The Labute approximate surface area is 229 Å². The molecule has 0 atom stereocenters. The number of rotatable bonds is 3. The maximum Gasteiger partial charge on any atom is 0.164 e. The Morgan fingerprint density at radius 3 is 1.56 bits per heavy atom. The average Bonchev–Trinajstić information content (AvgIpc) is 3.38. The monoisotopic (exact) mass is 515 g/mol. The zero-order valence-electron chi connectivity index (χ0n) is 20.9. The second-order valence-corrected chi connectivity index (χ2v) is 10.8. The van der Waals surface area contributed by atoms with Crippen LogP contribution in [0.5, 0.6) is 0 Å². The lowest BCUT2D eigenvalue weighted by molar-refractivity contribution is 1.08. The van der Waals surface area contributed by atoms with Crippen molar-refractivity contribution >= 4 is 53.1 Å². The molecule has 0 saturated heterocycles. The van der Waals surface area contributed by atoms with Gasteiger partial charge in [-0.2, -0.15) is 0 Å². The summed E-state index contributed by atoms with van der Waals surface area (Å²) in [4.78, 5) is 15.2. The number of fused-ring (bicyclic) bond motifs is 5. The maximum absolute atomic E-state index is 5.08. The average molecular weight is 516 g/mol. The highest BCUT2D eigenvalue weighted by molar-refractivity contribution is 7.25. The third kappa shape index (κ3) is 3.69. The fourth-order valence-corrected chi connectivity index (χ4v) is 6.60. The Bertz CT molecular complexity index is 2090. The van der Waals surface area contributed by atoms with Crippen LogP contribution >= 0.6 is 11.3 Å². The SMILES string of the molecule is c1ccc2c(-c3nc(-c4ccc5c(c4)sc4ccccc45)nc(-c4cccc5ccccc45)n3)cccc2c1. The van der Waals surface area contributed by atoms with E-state index in [1.165, 1.54) is 20.2 Å². The fraction of sp³-hybridized carbons (Fsp3) is 0. The molecular weight excluding hydrogens is 494 g/mol. The van der Waals surface area contributed by atoms with E-state index in [1.54, 1.807) is 11.3 Å². The quantitative estimate of drug-likeness (QED) is 0.235. The molecule has 0 aliphatic rings. The largest absolute Gasteiger partial charge is 0.208 e. The summed E-state index contributed by atoms with van der Waals surface area (Å²) in [6.07, 6.45) is 0. The molecule has 182 valence electrons. The molecule has 0 bridgehead atoms. The molecule has 2 aromatic heterocycles. The van der Waals surface area contributed by atoms with Crippen LogP contribution in [0.25, 0.3) is 75.9 Å². The smallest absolute Gasteiger partial charge is 0.164 e. The van der Waals surface area contributed by atoms with Crippen molar-refractivity contribution in [1.29, 1.82) is 0 Å². The van der Waals surface area contributed by atoms with E-state index >= 15 is 0 Å². The number of hydrogen-bond acceptors (Lipinski definition) is 4. The van der Waals surface area contributed by atoms with Gasteiger partial charge >= 0.3 is 0 Å². The van der Waals surface area contributed by atoms with E-state index in [2.05, 4.69) is 127 Å². The number of thiophene rings is 1. The molecule has 0 aliphatic carbocycles. The second-order valence-electron chi connectivity index (χ2n) is 9.67. The summed E-state index contributed by atoms with van der Waals surface area (Å²) in [6, 6.07) is 44.5. The molecule has 0 N–H and O–H groups in total. The molecular formula is C35H21N3S. The molecule has 0 amide bonds. The maximum atomic E-state index is 5.08. The van der Waals surface area contributed by atoms with Crippen LogP contribution in [-0.4, -0.2) is 15.0 Å². The van der Waals surface area contributed by atoms with Gasteiger partial charge in [0, 0.05) is 36.9 Å². The minimum Gasteiger partial charge on any atom is -0.208 e. The van der Waals surface area contributed by atoms with Crippen LogP contribution in [0.1, 0.15) is 0 Å². The molecule has 0 saturated carbocycles. The van der Waals surface area contributed by atoms with Crippen molar-refractivity contribution in [2.45, 2.75) is 0 Å². The Balaban J connectivity index is 1.40. The first-order valence-corrected chi connectivity index (χ1v) is 13.8. The Morgan fingerprint density at radius 1 is 0.385 bits per heavy atom. The van der Waals surface area contributed by atoms with Gasteiger partial charge in [-0.1, -0.05) is 115 Å². The van der Waals surface area contributed by atoms with E-state index < -0.39 is 0 Å². The second kappa shape index (κ2) is 8.83. The van der Waals surface area contributed by atoms with Gasteiger partial charge in [0.25, 0.3) is 0 Å². The van der Waals surface area contributed by atoms with Crippen LogP contribution in [0.4, 0.5) is 0 Å². The number of hydrogen-bond donors (Lipinski definition) is 0. The minimum absolute atomic E-state index is 0.676. The topological polar surface area (TPSA) is 38.7 Å². The number of benzene rings is 6. The summed E-state index contributed by atoms with van der Waals surface area (Å²) in [5, 5.41) is 7.12. The molecule has 6 aromatic carbocycles. The molecule has 2 heterocycles. The van der Waals surface area contributed by atoms with Crippen molar-refractivity contribution in [2.75, 3.05) is 0 Å². The predicted molar refractivity (Wildman–Crippen MR) is 164 cm³/mol. The van der Waals surface area contributed by atoms with Gasteiger partial charge < -0.3 is 0 Å². The summed E-state index contributed by atoms with van der Waals surface area (Å²) in [7, 11) is 0. The van der Waals surface area contributed by atoms with Crippen molar-refractivity contribution in [3.05, 3.63) is 127 Å². The summed E-state index contributed by atoms with van der Waals surface area (Å²) < 4.78 is 2.51. The number of nitrogens with zero attached hydrogens (tertiary/aromatic N) is 3. The zero-order chi connectivity index (χ0) is 25.8. The van der Waals surface area contributed by atoms with E-state index in [1.807, 2.05) is 0 Å². The standard InChI is InChI=1S/C35H21N3S/c1-3-13-25-22(9-1)11-7-16-29(25)34-36-33(24-19-20-28-27-15-5-6-18-31(27)39-32(28)21-24)37-35(38-34)30-17-8-12-23-10-2-4-14-26(23)30/h1-21H. The third-order valence-electron chi connectivity index (χ3n) is 7.33. The van der Waals surface area contributed by atoms with Crippen LogP contribution in [0.15, 0.2) is 127 Å². The summed E-state index contributed by atoms with van der Waals surface area (Å²) >= 11 is 1.80. The summed E-state index contributed by atoms with van der Waals surface area (Å²) in [5.74, 6) is 2.03. The Morgan fingerprint density at radius 2 is 0.897 bits per heavy atom. The van der Waals surface area contributed by atoms with E-state index in [0.717, 1.165) is 38.2 Å². The summed E-state index contributed by atoms with van der Waals surface area (Å²) in [6.45, 7) is 0. The first-order valence-electron chi connectivity index (χ1n) is 13.0. The molecule has 4 heteroatoms. The van der Waals surface area contributed by atoms with Crippen molar-refractivity contribution in [3.8, 4) is 34.2 Å². The molecule has 0 aliphatic heterocycles. The van der Waals surface area contributed by atoms with Gasteiger partial charge in [-0.05, 0) is 33.7 Å². The fourth-order valence-electron chi connectivity index (χ4n) is 5.45. The molecule has 0 spiro atoms. The lowest BCUT2D eigenvalue weighted by Gasteiger charge is -2.11.